The van der Waals surface area contributed by atoms with E-state index in [0.717, 1.165) is 5.56 Å². The molecule has 0 aliphatic rings. The van der Waals surface area contributed by atoms with E-state index in [1.54, 1.807) is 6.08 Å². The van der Waals surface area contributed by atoms with E-state index in [1.165, 1.54) is 31.4 Å². The molecule has 25 heavy (non-hydrogen) atoms. The number of phenols is 1. The highest BCUT2D eigenvalue weighted by Crippen LogP contribution is 2.31. The molecule has 6 heteroatoms. The third-order valence-electron chi connectivity index (χ3n) is 3.52. The first-order valence-corrected chi connectivity index (χ1v) is 7.46. The Morgan fingerprint density at radius 1 is 1.20 bits per heavy atom. The summed E-state index contributed by atoms with van der Waals surface area (Å²) in [5.74, 6) is -0.357. The lowest BCUT2D eigenvalue weighted by atomic mass is 10.2. The van der Waals surface area contributed by atoms with Crippen LogP contribution in [0.3, 0.4) is 0 Å². The van der Waals surface area contributed by atoms with Gasteiger partial charge < -0.3 is 19.6 Å². The van der Waals surface area contributed by atoms with Crippen molar-refractivity contribution in [1.82, 2.24) is 0 Å². The van der Waals surface area contributed by atoms with Crippen molar-refractivity contribution in [2.75, 3.05) is 12.4 Å². The number of fused-ring (bicyclic) bond motifs is 1. The van der Waals surface area contributed by atoms with E-state index in [0.29, 0.717) is 5.39 Å². The Labute approximate surface area is 143 Å². The molecule has 0 spiro atoms. The lowest BCUT2D eigenvalue weighted by molar-refractivity contribution is -0.111. The normalized spacial score (nSPS) is 10.9. The van der Waals surface area contributed by atoms with Crippen LogP contribution in [0.4, 0.5) is 5.69 Å². The number of methoxy groups -OCH3 is 1. The molecular formula is C19H15NO5. The van der Waals surface area contributed by atoms with Gasteiger partial charge in [0.15, 0.2) is 11.5 Å². The molecule has 3 rings (SSSR count). The summed E-state index contributed by atoms with van der Waals surface area (Å²) in [6.45, 7) is 0. The molecule has 0 bridgehead atoms. The van der Waals surface area contributed by atoms with Crippen molar-refractivity contribution in [3.8, 4) is 11.5 Å². The highest BCUT2D eigenvalue weighted by molar-refractivity contribution is 6.02. The number of rotatable bonds is 4. The molecule has 0 unspecified atom stereocenters. The van der Waals surface area contributed by atoms with Gasteiger partial charge >= 0.3 is 5.63 Å². The van der Waals surface area contributed by atoms with Crippen molar-refractivity contribution in [1.29, 1.82) is 0 Å². The minimum absolute atomic E-state index is 0.00274. The van der Waals surface area contributed by atoms with Gasteiger partial charge in [-0.3, -0.25) is 4.79 Å². The van der Waals surface area contributed by atoms with Crippen LogP contribution < -0.4 is 15.7 Å². The molecule has 1 amide bonds. The first kappa shape index (κ1) is 16.3. The predicted octanol–water partition coefficient (Wildman–Crippen LogP) is 3.16. The first-order valence-electron chi connectivity index (χ1n) is 7.46. The summed E-state index contributed by atoms with van der Waals surface area (Å²) in [6, 6.07) is 13.6. The maximum Gasteiger partial charge on any atom is 0.360 e. The SMILES string of the molecule is COc1cc2cc(NC(=O)/C=C/c3ccccc3)c(=O)oc2cc1O. The molecule has 126 valence electrons. The standard InChI is InChI=1S/C19H15NO5/c1-24-17-10-13-9-14(19(23)25-16(13)11-15(17)21)20-18(22)8-7-12-5-3-2-4-6-12/h2-11,21H,1H3,(H,20,22)/b8-7+. The summed E-state index contributed by atoms with van der Waals surface area (Å²) in [4.78, 5) is 24.0. The van der Waals surface area contributed by atoms with Crippen LogP contribution in [-0.2, 0) is 4.79 Å². The van der Waals surface area contributed by atoms with Crippen molar-refractivity contribution >= 4 is 28.6 Å². The van der Waals surface area contributed by atoms with Gasteiger partial charge in [0.1, 0.15) is 11.3 Å². The van der Waals surface area contributed by atoms with E-state index in [2.05, 4.69) is 5.32 Å². The molecule has 0 radical (unpaired) electrons. The fourth-order valence-corrected chi connectivity index (χ4v) is 2.30. The van der Waals surface area contributed by atoms with E-state index in [4.69, 9.17) is 9.15 Å². The monoisotopic (exact) mass is 337 g/mol. The molecule has 0 fully saturated rings. The molecule has 1 heterocycles. The van der Waals surface area contributed by atoms with Crippen molar-refractivity contribution < 1.29 is 19.1 Å². The maximum atomic E-state index is 12.0. The highest BCUT2D eigenvalue weighted by atomic mass is 16.5. The average Bonchev–Trinajstić information content (AvgIpc) is 2.61. The van der Waals surface area contributed by atoms with Crippen LogP contribution in [0.15, 0.2) is 63.8 Å². The van der Waals surface area contributed by atoms with E-state index in [9.17, 15) is 14.7 Å². The number of hydrogen-bond acceptors (Lipinski definition) is 5. The first-order chi connectivity index (χ1) is 12.1. The van der Waals surface area contributed by atoms with Gasteiger partial charge in [0.25, 0.3) is 0 Å². The summed E-state index contributed by atoms with van der Waals surface area (Å²) in [7, 11) is 1.41. The number of carbonyl (C=O) groups is 1. The van der Waals surface area contributed by atoms with Gasteiger partial charge in [-0.2, -0.15) is 0 Å². The summed E-state index contributed by atoms with van der Waals surface area (Å²) < 4.78 is 10.2. The Morgan fingerprint density at radius 3 is 2.68 bits per heavy atom. The quantitative estimate of drug-likeness (QED) is 0.564. The van der Waals surface area contributed by atoms with Gasteiger partial charge in [0.2, 0.25) is 5.91 Å². The molecule has 0 atom stereocenters. The number of hydrogen-bond donors (Lipinski definition) is 2. The second-order valence-electron chi connectivity index (χ2n) is 5.24. The summed E-state index contributed by atoms with van der Waals surface area (Å²) >= 11 is 0. The molecule has 2 aromatic carbocycles. The zero-order valence-electron chi connectivity index (χ0n) is 13.4. The summed E-state index contributed by atoms with van der Waals surface area (Å²) in [6.07, 6.45) is 2.97. The van der Waals surface area contributed by atoms with Gasteiger partial charge in [0.05, 0.1) is 7.11 Å². The van der Waals surface area contributed by atoms with E-state index in [1.807, 2.05) is 30.3 Å². The molecule has 2 N–H and O–H groups in total. The fraction of sp³-hybridized carbons (Fsp3) is 0.0526. The molecule has 1 aromatic heterocycles. The van der Waals surface area contributed by atoms with Crippen molar-refractivity contribution in [2.24, 2.45) is 0 Å². The van der Waals surface area contributed by atoms with Crippen molar-refractivity contribution in [3.05, 3.63) is 70.6 Å². The zero-order valence-corrected chi connectivity index (χ0v) is 13.4. The number of phenolic OH excluding ortho intramolecular Hbond substituents is 1. The smallest absolute Gasteiger partial charge is 0.360 e. The molecule has 3 aromatic rings. The molecule has 0 saturated carbocycles. The van der Waals surface area contributed by atoms with Crippen molar-refractivity contribution in [3.63, 3.8) is 0 Å². The predicted molar refractivity (Wildman–Crippen MR) is 94.8 cm³/mol. The number of aromatic hydroxyl groups is 1. The lowest BCUT2D eigenvalue weighted by Gasteiger charge is -2.06. The zero-order chi connectivity index (χ0) is 17.8. The molecule has 6 nitrogen and oxygen atoms in total. The van der Waals surface area contributed by atoms with Gasteiger partial charge in [-0.1, -0.05) is 30.3 Å². The molecule has 0 aliphatic heterocycles. The topological polar surface area (TPSA) is 88.8 Å². The van der Waals surface area contributed by atoms with Crippen LogP contribution in [0.2, 0.25) is 0 Å². The second kappa shape index (κ2) is 6.92. The van der Waals surface area contributed by atoms with Crippen LogP contribution in [0.5, 0.6) is 11.5 Å². The van der Waals surface area contributed by atoms with E-state index < -0.39 is 11.5 Å². The van der Waals surface area contributed by atoms with Gasteiger partial charge in [0, 0.05) is 17.5 Å². The minimum Gasteiger partial charge on any atom is -0.504 e. The molecule has 0 aliphatic carbocycles. The number of benzene rings is 2. The average molecular weight is 337 g/mol. The van der Waals surface area contributed by atoms with E-state index >= 15 is 0 Å². The highest BCUT2D eigenvalue weighted by Gasteiger charge is 2.11. The molecule has 0 saturated heterocycles. The lowest BCUT2D eigenvalue weighted by Crippen LogP contribution is -2.15. The van der Waals surface area contributed by atoms with Crippen LogP contribution in [0.25, 0.3) is 17.0 Å². The van der Waals surface area contributed by atoms with Gasteiger partial charge in [-0.05, 0) is 23.8 Å². The summed E-state index contributed by atoms with van der Waals surface area (Å²) in [5.41, 5.74) is 0.353. The number of nitrogens with one attached hydrogen (secondary N) is 1. The van der Waals surface area contributed by atoms with Gasteiger partial charge in [-0.15, -0.1) is 0 Å². The number of anilines is 1. The Hall–Kier alpha value is -3.54. The summed E-state index contributed by atoms with van der Waals surface area (Å²) in [5, 5.41) is 12.7. The molecular weight excluding hydrogens is 322 g/mol. The minimum atomic E-state index is -0.710. The Kier molecular flexibility index (Phi) is 4.52. The Morgan fingerprint density at radius 2 is 1.96 bits per heavy atom. The number of ether oxygens (including phenoxy) is 1. The van der Waals surface area contributed by atoms with Crippen LogP contribution >= 0.6 is 0 Å². The van der Waals surface area contributed by atoms with Crippen LogP contribution in [0, 0.1) is 0 Å². The third-order valence-corrected chi connectivity index (χ3v) is 3.52. The second-order valence-corrected chi connectivity index (χ2v) is 5.24. The number of amides is 1. The Bertz CT molecular complexity index is 1010. The fourth-order valence-electron chi connectivity index (χ4n) is 2.30. The maximum absolute atomic E-state index is 12.0. The van der Waals surface area contributed by atoms with E-state index in [-0.39, 0.29) is 22.8 Å². The van der Waals surface area contributed by atoms with Gasteiger partial charge in [-0.25, -0.2) is 4.79 Å². The Balaban J connectivity index is 1.86. The third kappa shape index (κ3) is 3.69. The largest absolute Gasteiger partial charge is 0.504 e. The van der Waals surface area contributed by atoms with Crippen LogP contribution in [-0.4, -0.2) is 18.1 Å². The van der Waals surface area contributed by atoms with Crippen molar-refractivity contribution in [2.45, 2.75) is 0 Å². The number of carbonyl (C=O) groups excluding carboxylic acids is 1. The van der Waals surface area contributed by atoms with Crippen LogP contribution in [0.1, 0.15) is 5.56 Å².